The first-order valence-electron chi connectivity index (χ1n) is 8.33. The Morgan fingerprint density at radius 1 is 1.30 bits per heavy atom. The number of para-hydroxylation sites is 2. The molecule has 0 fully saturated rings. The van der Waals surface area contributed by atoms with Crippen molar-refractivity contribution in [2.24, 2.45) is 0 Å². The van der Waals surface area contributed by atoms with Crippen LogP contribution >= 0.6 is 27.7 Å². The number of H-pyrrole nitrogens is 1. The van der Waals surface area contributed by atoms with Crippen LogP contribution in [0.15, 0.2) is 45.5 Å². The van der Waals surface area contributed by atoms with E-state index in [0.717, 1.165) is 23.2 Å². The fraction of sp³-hybridized carbons (Fsp3) is 0.278. The summed E-state index contributed by atoms with van der Waals surface area (Å²) in [5, 5.41) is 5.49. The van der Waals surface area contributed by atoms with E-state index in [0.29, 0.717) is 10.5 Å². The molecule has 0 aliphatic heterocycles. The van der Waals surface area contributed by atoms with Crippen LogP contribution in [0.4, 0.5) is 0 Å². The normalized spacial score (nSPS) is 12.1. The van der Waals surface area contributed by atoms with Gasteiger partial charge in [-0.2, -0.15) is 11.8 Å². The van der Waals surface area contributed by atoms with Crippen LogP contribution in [0.3, 0.4) is 0 Å². The summed E-state index contributed by atoms with van der Waals surface area (Å²) in [5.41, 5.74) is 1.78. The van der Waals surface area contributed by atoms with Crippen LogP contribution in [0.25, 0.3) is 11.0 Å². The molecule has 142 valence electrons. The van der Waals surface area contributed by atoms with Crippen LogP contribution in [0.2, 0.25) is 0 Å². The number of aromatic amines is 1. The maximum atomic E-state index is 12.3. The number of benzene rings is 1. The van der Waals surface area contributed by atoms with Crippen molar-refractivity contribution in [1.82, 2.24) is 20.6 Å². The standard InChI is InChI=1S/C18H19BrN4O3S/c1-27-9-8-13(17-22-11-4-2-3-5-12(11)23-17)21-16(24)10-20-18(25)14-6-7-15(19)26-14/h2-7,13H,8-10H2,1H3,(H,20,25)(H,21,24)(H,22,23)/t13-/m1/s1. The third kappa shape index (κ3) is 5.14. The van der Waals surface area contributed by atoms with Gasteiger partial charge in [-0.05, 0) is 58.6 Å². The minimum atomic E-state index is -0.444. The van der Waals surface area contributed by atoms with Crippen molar-refractivity contribution in [3.05, 3.63) is 52.7 Å². The van der Waals surface area contributed by atoms with Gasteiger partial charge in [-0.15, -0.1) is 0 Å². The molecule has 0 bridgehead atoms. The molecular weight excluding hydrogens is 432 g/mol. The van der Waals surface area contributed by atoms with Crippen LogP contribution in [-0.2, 0) is 4.79 Å². The Morgan fingerprint density at radius 2 is 2.11 bits per heavy atom. The summed E-state index contributed by atoms with van der Waals surface area (Å²) in [6.45, 7) is -0.146. The molecular formula is C18H19BrN4O3S. The minimum absolute atomic E-state index is 0.144. The summed E-state index contributed by atoms with van der Waals surface area (Å²) < 4.78 is 5.63. The van der Waals surface area contributed by atoms with Gasteiger partial charge in [0.25, 0.3) is 5.91 Å². The van der Waals surface area contributed by atoms with Crippen molar-refractivity contribution >= 4 is 50.5 Å². The summed E-state index contributed by atoms with van der Waals surface area (Å²) in [6.07, 6.45) is 2.74. The van der Waals surface area contributed by atoms with Gasteiger partial charge in [0, 0.05) is 0 Å². The molecule has 0 radical (unpaired) electrons. The van der Waals surface area contributed by atoms with Gasteiger partial charge < -0.3 is 20.0 Å². The molecule has 2 aromatic heterocycles. The van der Waals surface area contributed by atoms with E-state index >= 15 is 0 Å². The largest absolute Gasteiger partial charge is 0.444 e. The number of nitrogens with one attached hydrogen (secondary N) is 3. The Kier molecular flexibility index (Phi) is 6.57. The van der Waals surface area contributed by atoms with Crippen molar-refractivity contribution in [3.63, 3.8) is 0 Å². The summed E-state index contributed by atoms with van der Waals surface area (Å²) in [4.78, 5) is 32.2. The first kappa shape index (κ1) is 19.5. The summed E-state index contributed by atoms with van der Waals surface area (Å²) >= 11 is 4.84. The lowest BCUT2D eigenvalue weighted by Crippen LogP contribution is -2.39. The number of hydrogen-bond acceptors (Lipinski definition) is 5. The summed E-state index contributed by atoms with van der Waals surface area (Å²) in [5.74, 6) is 0.987. The van der Waals surface area contributed by atoms with Crippen molar-refractivity contribution < 1.29 is 14.0 Å². The van der Waals surface area contributed by atoms with E-state index in [9.17, 15) is 9.59 Å². The average molecular weight is 451 g/mol. The van der Waals surface area contributed by atoms with E-state index in [4.69, 9.17) is 4.42 Å². The van der Waals surface area contributed by atoms with Gasteiger partial charge in [-0.3, -0.25) is 9.59 Å². The first-order chi connectivity index (χ1) is 13.1. The molecule has 0 aliphatic carbocycles. The smallest absolute Gasteiger partial charge is 0.287 e. The number of carbonyl (C=O) groups is 2. The lowest BCUT2D eigenvalue weighted by molar-refractivity contribution is -0.120. The number of amides is 2. The Hall–Kier alpha value is -2.26. The predicted octanol–water partition coefficient (Wildman–Crippen LogP) is 3.26. The Labute approximate surface area is 168 Å². The number of carbonyl (C=O) groups excluding carboxylic acids is 2. The van der Waals surface area contributed by atoms with Gasteiger partial charge in [-0.25, -0.2) is 4.98 Å². The Balaban J connectivity index is 1.63. The molecule has 0 saturated carbocycles. The number of halogens is 1. The highest BCUT2D eigenvalue weighted by Gasteiger charge is 2.19. The molecule has 3 aromatic rings. The second-order valence-electron chi connectivity index (χ2n) is 5.83. The molecule has 2 amide bonds. The van der Waals surface area contributed by atoms with E-state index in [1.54, 1.807) is 17.8 Å². The maximum absolute atomic E-state index is 12.3. The van der Waals surface area contributed by atoms with E-state index in [1.165, 1.54) is 6.07 Å². The first-order valence-corrected chi connectivity index (χ1v) is 10.5. The number of thioether (sulfide) groups is 1. The van der Waals surface area contributed by atoms with Gasteiger partial charge in [0.2, 0.25) is 5.91 Å². The Morgan fingerprint density at radius 3 is 2.81 bits per heavy atom. The predicted molar refractivity (Wildman–Crippen MR) is 109 cm³/mol. The number of aromatic nitrogens is 2. The number of hydrogen-bond donors (Lipinski definition) is 3. The minimum Gasteiger partial charge on any atom is -0.444 e. The van der Waals surface area contributed by atoms with Crippen molar-refractivity contribution in [3.8, 4) is 0 Å². The SMILES string of the molecule is CSCC[C@@H](NC(=O)CNC(=O)c1ccc(Br)o1)c1nc2ccccc2[nH]1. The zero-order valence-electron chi connectivity index (χ0n) is 14.6. The van der Waals surface area contributed by atoms with E-state index in [-0.39, 0.29) is 24.3 Å². The molecule has 1 aromatic carbocycles. The lowest BCUT2D eigenvalue weighted by atomic mass is 10.2. The third-order valence-electron chi connectivity index (χ3n) is 3.89. The third-order valence-corrected chi connectivity index (χ3v) is 4.96. The van der Waals surface area contributed by atoms with Gasteiger partial charge in [-0.1, -0.05) is 12.1 Å². The van der Waals surface area contributed by atoms with Crippen LogP contribution in [0.5, 0.6) is 0 Å². The second-order valence-corrected chi connectivity index (χ2v) is 7.59. The topological polar surface area (TPSA) is 100 Å². The molecule has 0 aliphatic rings. The second kappa shape index (κ2) is 9.09. The van der Waals surface area contributed by atoms with Crippen LogP contribution in [-0.4, -0.2) is 40.3 Å². The van der Waals surface area contributed by atoms with Crippen LogP contribution < -0.4 is 10.6 Å². The number of fused-ring (bicyclic) bond motifs is 1. The molecule has 3 N–H and O–H groups in total. The molecule has 27 heavy (non-hydrogen) atoms. The van der Waals surface area contributed by atoms with Gasteiger partial charge >= 0.3 is 0 Å². The van der Waals surface area contributed by atoms with Crippen LogP contribution in [0.1, 0.15) is 28.8 Å². The van der Waals surface area contributed by atoms with E-state index in [1.807, 2.05) is 30.5 Å². The lowest BCUT2D eigenvalue weighted by Gasteiger charge is -2.16. The molecule has 0 saturated heterocycles. The highest BCUT2D eigenvalue weighted by Crippen LogP contribution is 2.20. The molecule has 7 nitrogen and oxygen atoms in total. The van der Waals surface area contributed by atoms with Crippen molar-refractivity contribution in [2.75, 3.05) is 18.6 Å². The molecule has 1 atom stereocenters. The van der Waals surface area contributed by atoms with Crippen molar-refractivity contribution in [2.45, 2.75) is 12.5 Å². The average Bonchev–Trinajstić information content (AvgIpc) is 3.29. The number of furan rings is 1. The number of rotatable bonds is 8. The van der Waals surface area contributed by atoms with E-state index < -0.39 is 5.91 Å². The molecule has 3 rings (SSSR count). The number of nitrogens with zero attached hydrogens (tertiary/aromatic N) is 1. The highest BCUT2D eigenvalue weighted by atomic mass is 79.9. The molecule has 9 heteroatoms. The maximum Gasteiger partial charge on any atom is 0.287 e. The van der Waals surface area contributed by atoms with Gasteiger partial charge in [0.05, 0.1) is 23.6 Å². The highest BCUT2D eigenvalue weighted by molar-refractivity contribution is 9.10. The molecule has 0 spiro atoms. The fourth-order valence-corrected chi connectivity index (χ4v) is 3.36. The van der Waals surface area contributed by atoms with Gasteiger partial charge in [0.15, 0.2) is 10.4 Å². The fourth-order valence-electron chi connectivity index (χ4n) is 2.58. The zero-order valence-corrected chi connectivity index (χ0v) is 17.0. The quantitative estimate of drug-likeness (QED) is 0.488. The van der Waals surface area contributed by atoms with Crippen LogP contribution in [0, 0.1) is 0 Å². The van der Waals surface area contributed by atoms with Gasteiger partial charge in [0.1, 0.15) is 5.82 Å². The molecule has 2 heterocycles. The van der Waals surface area contributed by atoms with Crippen molar-refractivity contribution in [1.29, 1.82) is 0 Å². The Bertz CT molecular complexity index is 906. The van der Waals surface area contributed by atoms with E-state index in [2.05, 4.69) is 36.5 Å². The summed E-state index contributed by atoms with van der Waals surface area (Å²) in [6, 6.07) is 10.6. The monoisotopic (exact) mass is 450 g/mol. The molecule has 0 unspecified atom stereocenters. The number of imidazole rings is 1. The summed E-state index contributed by atoms with van der Waals surface area (Å²) in [7, 11) is 0. The zero-order chi connectivity index (χ0) is 19.2.